The van der Waals surface area contributed by atoms with E-state index < -0.39 is 5.54 Å². The molecule has 0 aliphatic rings. The molecule has 0 fully saturated rings. The molecule has 0 saturated heterocycles. The van der Waals surface area contributed by atoms with Crippen molar-refractivity contribution in [3.8, 4) is 5.75 Å². The van der Waals surface area contributed by atoms with Crippen molar-refractivity contribution in [2.45, 2.75) is 19.4 Å². The van der Waals surface area contributed by atoms with Gasteiger partial charge in [0, 0.05) is 5.02 Å². The van der Waals surface area contributed by atoms with Crippen LogP contribution in [-0.2, 0) is 0 Å². The number of carbonyl (C=O) groups excluding carboxylic acids is 1. The smallest absolute Gasteiger partial charge is 0.185 e. The molecule has 5 heteroatoms. The lowest BCUT2D eigenvalue weighted by Crippen LogP contribution is -2.41. The maximum atomic E-state index is 12.0. The van der Waals surface area contributed by atoms with Gasteiger partial charge in [-0.3, -0.25) is 4.79 Å². The molecule has 16 heavy (non-hydrogen) atoms. The third-order valence-electron chi connectivity index (χ3n) is 2.04. The lowest BCUT2D eigenvalue weighted by molar-refractivity contribution is 0.0910. The van der Waals surface area contributed by atoms with Crippen molar-refractivity contribution in [2.24, 2.45) is 5.73 Å². The zero-order valence-electron chi connectivity index (χ0n) is 9.30. The molecule has 0 saturated carbocycles. The predicted molar refractivity (Wildman–Crippen MR) is 65.6 cm³/mol. The number of methoxy groups -OCH3 is 1. The highest BCUT2D eigenvalue weighted by atomic mass is 35.5. The number of ether oxygens (including phenoxy) is 1. The highest BCUT2D eigenvalue weighted by Gasteiger charge is 2.27. The molecule has 3 nitrogen and oxygen atoms in total. The Kier molecular flexibility index (Phi) is 3.84. The summed E-state index contributed by atoms with van der Waals surface area (Å²) in [7, 11) is 1.44. The summed E-state index contributed by atoms with van der Waals surface area (Å²) in [5.74, 6) is 0.0309. The van der Waals surface area contributed by atoms with E-state index in [2.05, 4.69) is 0 Å². The van der Waals surface area contributed by atoms with Gasteiger partial charge in [0.25, 0.3) is 0 Å². The quantitative estimate of drug-likeness (QED) is 0.852. The third kappa shape index (κ3) is 2.67. The van der Waals surface area contributed by atoms with E-state index in [4.69, 9.17) is 33.7 Å². The average molecular weight is 262 g/mol. The molecule has 0 spiro atoms. The molecule has 88 valence electrons. The minimum absolute atomic E-state index is 0.270. The van der Waals surface area contributed by atoms with Gasteiger partial charge in [0.1, 0.15) is 5.75 Å². The van der Waals surface area contributed by atoms with Gasteiger partial charge in [0.2, 0.25) is 0 Å². The number of hydrogen-bond acceptors (Lipinski definition) is 3. The maximum absolute atomic E-state index is 12.0. The van der Waals surface area contributed by atoms with Crippen LogP contribution >= 0.6 is 23.2 Å². The number of carbonyl (C=O) groups is 1. The van der Waals surface area contributed by atoms with E-state index in [1.165, 1.54) is 19.2 Å². The van der Waals surface area contributed by atoms with E-state index >= 15 is 0 Å². The van der Waals surface area contributed by atoms with Crippen molar-refractivity contribution < 1.29 is 9.53 Å². The summed E-state index contributed by atoms with van der Waals surface area (Å²) in [5, 5.41) is 0.668. The number of nitrogens with two attached hydrogens (primary N) is 1. The fourth-order valence-corrected chi connectivity index (χ4v) is 1.85. The lowest BCUT2D eigenvalue weighted by atomic mass is 9.94. The highest BCUT2D eigenvalue weighted by Crippen LogP contribution is 2.33. The monoisotopic (exact) mass is 261 g/mol. The Labute approximate surface area is 104 Å². The summed E-state index contributed by atoms with van der Waals surface area (Å²) in [6, 6.07) is 3.02. The van der Waals surface area contributed by atoms with Gasteiger partial charge >= 0.3 is 0 Å². The Balaban J connectivity index is 3.38. The fourth-order valence-electron chi connectivity index (χ4n) is 1.28. The van der Waals surface area contributed by atoms with E-state index in [9.17, 15) is 4.79 Å². The summed E-state index contributed by atoms with van der Waals surface area (Å²) in [4.78, 5) is 12.0. The molecule has 1 aromatic rings. The van der Waals surface area contributed by atoms with E-state index in [1.807, 2.05) is 0 Å². The molecule has 0 aliphatic heterocycles. The van der Waals surface area contributed by atoms with Crippen molar-refractivity contribution in [1.82, 2.24) is 0 Å². The molecule has 1 rings (SSSR count). The van der Waals surface area contributed by atoms with Gasteiger partial charge in [-0.25, -0.2) is 0 Å². The van der Waals surface area contributed by atoms with Crippen molar-refractivity contribution in [3.05, 3.63) is 27.7 Å². The van der Waals surface area contributed by atoms with Crippen LogP contribution in [0.2, 0.25) is 10.0 Å². The second-order valence-corrected chi connectivity index (χ2v) is 4.86. The molecule has 0 aliphatic carbocycles. The van der Waals surface area contributed by atoms with E-state index in [0.29, 0.717) is 21.4 Å². The molecule has 2 N–H and O–H groups in total. The van der Waals surface area contributed by atoms with Crippen LogP contribution in [0.5, 0.6) is 5.75 Å². The standard InChI is InChI=1S/C11H13Cl2NO2/c1-11(2,14)10(15)7-4-6(12)5-8(13)9(7)16-3/h4-5H,14H2,1-3H3. The van der Waals surface area contributed by atoms with Crippen LogP contribution < -0.4 is 10.5 Å². The zero-order valence-corrected chi connectivity index (χ0v) is 10.8. The fraction of sp³-hybridized carbons (Fsp3) is 0.364. The molecule has 0 amide bonds. The number of benzene rings is 1. The van der Waals surface area contributed by atoms with Gasteiger partial charge in [-0.2, -0.15) is 0 Å². The molecule has 0 aromatic heterocycles. The van der Waals surface area contributed by atoms with Crippen LogP contribution in [0.4, 0.5) is 0 Å². The van der Waals surface area contributed by atoms with Gasteiger partial charge in [-0.05, 0) is 26.0 Å². The first-order chi connectivity index (χ1) is 7.27. The van der Waals surface area contributed by atoms with E-state index in [1.54, 1.807) is 13.8 Å². The summed E-state index contributed by atoms with van der Waals surface area (Å²) in [5.41, 5.74) is 5.04. The van der Waals surface area contributed by atoms with E-state index in [0.717, 1.165) is 0 Å². The topological polar surface area (TPSA) is 52.3 Å². The molecule has 0 radical (unpaired) electrons. The van der Waals surface area contributed by atoms with Crippen LogP contribution in [-0.4, -0.2) is 18.4 Å². The van der Waals surface area contributed by atoms with Crippen molar-refractivity contribution in [1.29, 1.82) is 0 Å². The molecule has 0 atom stereocenters. The predicted octanol–water partition coefficient (Wildman–Crippen LogP) is 2.92. The van der Waals surface area contributed by atoms with Gasteiger partial charge in [-0.1, -0.05) is 23.2 Å². The molecule has 1 aromatic carbocycles. The number of hydrogen-bond donors (Lipinski definition) is 1. The van der Waals surface area contributed by atoms with Gasteiger partial charge < -0.3 is 10.5 Å². The van der Waals surface area contributed by atoms with Crippen molar-refractivity contribution >= 4 is 29.0 Å². The van der Waals surface area contributed by atoms with Crippen LogP contribution in [0.3, 0.4) is 0 Å². The number of Topliss-reactive ketones (excluding diaryl/α,β-unsaturated/α-hetero) is 1. The van der Waals surface area contributed by atoms with Crippen LogP contribution in [0.1, 0.15) is 24.2 Å². The van der Waals surface area contributed by atoms with Gasteiger partial charge in [-0.15, -0.1) is 0 Å². The second kappa shape index (κ2) is 4.62. The highest BCUT2D eigenvalue weighted by molar-refractivity contribution is 6.36. The summed E-state index contributed by atoms with van der Waals surface area (Å²) in [6.07, 6.45) is 0. The summed E-state index contributed by atoms with van der Waals surface area (Å²) >= 11 is 11.8. The first-order valence-electron chi connectivity index (χ1n) is 4.64. The third-order valence-corrected chi connectivity index (χ3v) is 2.54. The van der Waals surface area contributed by atoms with Gasteiger partial charge in [0.15, 0.2) is 5.78 Å². The molecular formula is C11H13Cl2NO2. The zero-order chi connectivity index (χ0) is 12.5. The average Bonchev–Trinajstić information content (AvgIpc) is 2.14. The molecule has 0 heterocycles. The molecule has 0 bridgehead atoms. The van der Waals surface area contributed by atoms with E-state index in [-0.39, 0.29) is 5.78 Å². The summed E-state index contributed by atoms with van der Waals surface area (Å²) < 4.78 is 5.08. The number of halogens is 2. The van der Waals surface area contributed by atoms with Crippen LogP contribution in [0.15, 0.2) is 12.1 Å². The van der Waals surface area contributed by atoms with Crippen molar-refractivity contribution in [2.75, 3.05) is 7.11 Å². The van der Waals surface area contributed by atoms with Gasteiger partial charge in [0.05, 0.1) is 23.2 Å². The first kappa shape index (κ1) is 13.3. The largest absolute Gasteiger partial charge is 0.494 e. The number of rotatable bonds is 3. The Morgan fingerprint density at radius 3 is 2.38 bits per heavy atom. The Hall–Kier alpha value is -0.770. The SMILES string of the molecule is COc1c(Cl)cc(Cl)cc1C(=O)C(C)(C)N. The van der Waals surface area contributed by atoms with Crippen molar-refractivity contribution in [3.63, 3.8) is 0 Å². The molecule has 0 unspecified atom stereocenters. The Morgan fingerprint density at radius 1 is 1.38 bits per heavy atom. The Morgan fingerprint density at radius 2 is 1.94 bits per heavy atom. The number of ketones is 1. The second-order valence-electron chi connectivity index (χ2n) is 4.02. The maximum Gasteiger partial charge on any atom is 0.185 e. The van der Waals surface area contributed by atoms with Crippen LogP contribution in [0.25, 0.3) is 0 Å². The minimum atomic E-state index is -0.999. The first-order valence-corrected chi connectivity index (χ1v) is 5.39. The minimum Gasteiger partial charge on any atom is -0.494 e. The Bertz CT molecular complexity index is 425. The normalized spacial score (nSPS) is 11.4. The lowest BCUT2D eigenvalue weighted by Gasteiger charge is -2.19. The van der Waals surface area contributed by atoms with Crippen LogP contribution in [0, 0.1) is 0 Å². The molecular weight excluding hydrogens is 249 g/mol. The summed E-state index contributed by atoms with van der Waals surface area (Å²) in [6.45, 7) is 3.23.